The first-order valence-electron chi connectivity index (χ1n) is 9.38. The van der Waals surface area contributed by atoms with Crippen molar-refractivity contribution in [3.8, 4) is 5.75 Å². The van der Waals surface area contributed by atoms with Gasteiger partial charge in [-0.25, -0.2) is 4.39 Å². The number of nitrogens with one attached hydrogen (secondary N) is 1. The molecule has 5 nitrogen and oxygen atoms in total. The van der Waals surface area contributed by atoms with Crippen molar-refractivity contribution < 1.29 is 17.9 Å². The Hall–Kier alpha value is -1.96. The van der Waals surface area contributed by atoms with Crippen LogP contribution in [-0.4, -0.2) is 62.1 Å². The molecule has 1 N–H and O–H groups in total. The first-order chi connectivity index (χ1) is 13.0. The third kappa shape index (κ3) is 6.02. The Kier molecular flexibility index (Phi) is 8.22. The number of alkyl halides is 2. The molecule has 0 amide bonds. The minimum Gasteiger partial charge on any atom is -0.434 e. The van der Waals surface area contributed by atoms with E-state index in [2.05, 4.69) is 38.7 Å². The highest BCUT2D eigenvalue weighted by Gasteiger charge is 2.26. The van der Waals surface area contributed by atoms with Crippen LogP contribution in [0.5, 0.6) is 5.75 Å². The summed E-state index contributed by atoms with van der Waals surface area (Å²) in [7, 11) is 1.66. The van der Waals surface area contributed by atoms with Gasteiger partial charge in [0.25, 0.3) is 0 Å². The van der Waals surface area contributed by atoms with E-state index >= 15 is 0 Å². The van der Waals surface area contributed by atoms with Gasteiger partial charge in [0.1, 0.15) is 11.6 Å². The highest BCUT2D eigenvalue weighted by atomic mass is 19.3. The normalized spacial score (nSPS) is 17.9. The molecule has 1 aromatic carbocycles. The second-order valence-electron chi connectivity index (χ2n) is 6.58. The van der Waals surface area contributed by atoms with Crippen LogP contribution in [0.2, 0.25) is 0 Å². The van der Waals surface area contributed by atoms with Crippen molar-refractivity contribution in [3.05, 3.63) is 29.6 Å². The predicted octanol–water partition coefficient (Wildman–Crippen LogP) is 3.17. The summed E-state index contributed by atoms with van der Waals surface area (Å²) >= 11 is 0. The Bertz CT molecular complexity index is 623. The molecule has 152 valence electrons. The standard InChI is InChI=1S/C19H29F3N4O/c1-4-25(5-2)12-14-9-10-26(13-14)19(23-3)24-11-15-16(20)7-6-8-17(15)27-18(21)22/h6-8,14,18H,4-5,9-13H2,1-3H3,(H,23,24). The summed E-state index contributed by atoms with van der Waals surface area (Å²) < 4.78 is 43.6. The van der Waals surface area contributed by atoms with E-state index in [4.69, 9.17) is 0 Å². The summed E-state index contributed by atoms with van der Waals surface area (Å²) in [6.07, 6.45) is 1.07. The molecule has 0 spiro atoms. The van der Waals surface area contributed by atoms with Crippen molar-refractivity contribution in [2.45, 2.75) is 33.4 Å². The van der Waals surface area contributed by atoms with Gasteiger partial charge in [0.15, 0.2) is 5.96 Å². The molecule has 1 heterocycles. The van der Waals surface area contributed by atoms with Crippen molar-refractivity contribution in [1.82, 2.24) is 15.1 Å². The summed E-state index contributed by atoms with van der Waals surface area (Å²) in [4.78, 5) is 8.79. The quantitative estimate of drug-likeness (QED) is 0.550. The summed E-state index contributed by atoms with van der Waals surface area (Å²) in [5.41, 5.74) is 0.0674. The molecule has 2 rings (SSSR count). The molecule has 1 aromatic rings. The summed E-state index contributed by atoms with van der Waals surface area (Å²) in [6, 6.07) is 3.92. The van der Waals surface area contributed by atoms with E-state index in [-0.39, 0.29) is 17.9 Å². The molecular formula is C19H29F3N4O. The molecule has 0 radical (unpaired) electrons. The lowest BCUT2D eigenvalue weighted by Gasteiger charge is -2.24. The van der Waals surface area contributed by atoms with E-state index in [1.54, 1.807) is 7.05 Å². The van der Waals surface area contributed by atoms with Crippen molar-refractivity contribution >= 4 is 5.96 Å². The minimum absolute atomic E-state index is 0.0264. The van der Waals surface area contributed by atoms with Crippen molar-refractivity contribution in [2.24, 2.45) is 10.9 Å². The van der Waals surface area contributed by atoms with Gasteiger partial charge in [-0.15, -0.1) is 0 Å². The van der Waals surface area contributed by atoms with Gasteiger partial charge in [-0.05, 0) is 37.6 Å². The van der Waals surface area contributed by atoms with E-state index in [0.717, 1.165) is 39.1 Å². The number of aliphatic imine (C=N–C) groups is 1. The third-order valence-electron chi connectivity index (χ3n) is 4.92. The van der Waals surface area contributed by atoms with Crippen LogP contribution in [0.25, 0.3) is 0 Å². The van der Waals surface area contributed by atoms with Crippen LogP contribution >= 0.6 is 0 Å². The maximum absolute atomic E-state index is 14.1. The number of guanidine groups is 1. The molecule has 8 heteroatoms. The van der Waals surface area contributed by atoms with Crippen LogP contribution in [0.3, 0.4) is 0 Å². The zero-order chi connectivity index (χ0) is 19.8. The highest BCUT2D eigenvalue weighted by Crippen LogP contribution is 2.24. The maximum Gasteiger partial charge on any atom is 0.387 e. The smallest absolute Gasteiger partial charge is 0.387 e. The summed E-state index contributed by atoms with van der Waals surface area (Å²) in [6.45, 7) is 6.18. The van der Waals surface area contributed by atoms with Crippen molar-refractivity contribution in [2.75, 3.05) is 39.8 Å². The van der Waals surface area contributed by atoms with Gasteiger partial charge in [0.2, 0.25) is 0 Å². The molecule has 1 aliphatic rings. The van der Waals surface area contributed by atoms with Crippen molar-refractivity contribution in [3.63, 3.8) is 0 Å². The molecule has 0 bridgehead atoms. The first-order valence-corrected chi connectivity index (χ1v) is 9.38. The number of rotatable bonds is 8. The summed E-state index contributed by atoms with van der Waals surface area (Å²) in [5, 5.41) is 3.08. The van der Waals surface area contributed by atoms with E-state index in [1.807, 2.05) is 0 Å². The van der Waals surface area contributed by atoms with E-state index < -0.39 is 12.4 Å². The lowest BCUT2D eigenvalue weighted by molar-refractivity contribution is -0.0506. The highest BCUT2D eigenvalue weighted by molar-refractivity contribution is 5.80. The Morgan fingerprint density at radius 3 is 2.74 bits per heavy atom. The molecule has 1 fully saturated rings. The minimum atomic E-state index is -3.00. The maximum atomic E-state index is 14.1. The Labute approximate surface area is 159 Å². The fourth-order valence-corrected chi connectivity index (χ4v) is 3.44. The number of ether oxygens (including phenoxy) is 1. The van der Waals surface area contributed by atoms with Gasteiger partial charge in [-0.1, -0.05) is 19.9 Å². The van der Waals surface area contributed by atoms with Crippen molar-refractivity contribution in [1.29, 1.82) is 0 Å². The number of likely N-dealkylation sites (tertiary alicyclic amines) is 1. The second-order valence-corrected chi connectivity index (χ2v) is 6.58. The predicted molar refractivity (Wildman–Crippen MR) is 101 cm³/mol. The number of nitrogens with zero attached hydrogens (tertiary/aromatic N) is 3. The van der Waals surface area contributed by atoms with E-state index in [1.165, 1.54) is 18.2 Å². The first kappa shape index (κ1) is 21.3. The average molecular weight is 386 g/mol. The molecule has 27 heavy (non-hydrogen) atoms. The Morgan fingerprint density at radius 1 is 1.37 bits per heavy atom. The van der Waals surface area contributed by atoms with E-state index in [9.17, 15) is 13.2 Å². The fourth-order valence-electron chi connectivity index (χ4n) is 3.44. The molecular weight excluding hydrogens is 357 g/mol. The monoisotopic (exact) mass is 386 g/mol. The molecule has 0 aliphatic carbocycles. The summed E-state index contributed by atoms with van der Waals surface area (Å²) in [5.74, 6) is 0.448. The lowest BCUT2D eigenvalue weighted by Crippen LogP contribution is -2.40. The Morgan fingerprint density at radius 2 is 2.11 bits per heavy atom. The zero-order valence-electron chi connectivity index (χ0n) is 16.2. The largest absolute Gasteiger partial charge is 0.434 e. The second kappa shape index (κ2) is 10.4. The fraction of sp³-hybridized carbons (Fsp3) is 0.632. The molecule has 0 aromatic heterocycles. The molecule has 1 saturated heterocycles. The molecule has 1 atom stereocenters. The Balaban J connectivity index is 1.97. The average Bonchev–Trinajstić information content (AvgIpc) is 3.10. The van der Waals surface area contributed by atoms with Crippen LogP contribution in [0.1, 0.15) is 25.8 Å². The van der Waals surface area contributed by atoms with Gasteiger partial charge in [-0.2, -0.15) is 8.78 Å². The SMILES string of the molecule is CCN(CC)CC1CCN(C(=NC)NCc2c(F)cccc2OC(F)F)C1. The van der Waals surface area contributed by atoms with Gasteiger partial charge < -0.3 is 19.9 Å². The van der Waals surface area contributed by atoms with Crippen LogP contribution in [0.15, 0.2) is 23.2 Å². The van der Waals surface area contributed by atoms with Crippen LogP contribution in [0.4, 0.5) is 13.2 Å². The van der Waals surface area contributed by atoms with Gasteiger partial charge in [0.05, 0.1) is 0 Å². The zero-order valence-corrected chi connectivity index (χ0v) is 16.2. The van der Waals surface area contributed by atoms with Crippen LogP contribution < -0.4 is 10.1 Å². The van der Waals surface area contributed by atoms with Gasteiger partial charge in [-0.3, -0.25) is 4.99 Å². The number of hydrogen-bond acceptors (Lipinski definition) is 3. The number of benzene rings is 1. The van der Waals surface area contributed by atoms with E-state index in [0.29, 0.717) is 11.9 Å². The number of hydrogen-bond donors (Lipinski definition) is 1. The topological polar surface area (TPSA) is 40.1 Å². The van der Waals surface area contributed by atoms with Crippen LogP contribution in [0, 0.1) is 11.7 Å². The molecule has 0 saturated carbocycles. The lowest BCUT2D eigenvalue weighted by atomic mass is 10.1. The van der Waals surface area contributed by atoms with Crippen LogP contribution in [-0.2, 0) is 6.54 Å². The molecule has 1 aliphatic heterocycles. The number of halogens is 3. The van der Waals surface area contributed by atoms with Gasteiger partial charge >= 0.3 is 6.61 Å². The van der Waals surface area contributed by atoms with Gasteiger partial charge in [0, 0.05) is 38.8 Å². The third-order valence-corrected chi connectivity index (χ3v) is 4.92. The molecule has 1 unspecified atom stereocenters.